The van der Waals surface area contributed by atoms with Crippen molar-refractivity contribution in [3.63, 3.8) is 0 Å². The van der Waals surface area contributed by atoms with E-state index in [0.717, 1.165) is 36.4 Å². The molecule has 5 heteroatoms. The Labute approximate surface area is 127 Å². The number of rotatable bonds is 10. The quantitative estimate of drug-likeness (QED) is 0.644. The minimum atomic E-state index is -0.136. The van der Waals surface area contributed by atoms with Crippen molar-refractivity contribution in [3.8, 4) is 5.75 Å². The molecule has 0 aliphatic heterocycles. The maximum Gasteiger partial charge on any atom is 0.258 e. The fourth-order valence-electron chi connectivity index (χ4n) is 1.94. The maximum absolute atomic E-state index is 11.7. The van der Waals surface area contributed by atoms with E-state index < -0.39 is 0 Å². The number of aryl methyl sites for hydroxylation is 1. The van der Waals surface area contributed by atoms with Gasteiger partial charge in [-0.05, 0) is 25.5 Å². The minimum absolute atomic E-state index is 0.0232. The summed E-state index contributed by atoms with van der Waals surface area (Å²) in [7, 11) is 1.60. The molecule has 0 aliphatic carbocycles. The molecule has 1 aromatic rings. The molecule has 118 valence electrons. The molecule has 0 spiro atoms. The molecule has 0 heterocycles. The van der Waals surface area contributed by atoms with Crippen molar-refractivity contribution < 1.29 is 14.3 Å². The van der Waals surface area contributed by atoms with E-state index in [1.165, 1.54) is 0 Å². The number of methoxy groups -OCH3 is 1. The number of benzene rings is 1. The Hall–Kier alpha value is -1.59. The lowest BCUT2D eigenvalue weighted by molar-refractivity contribution is -0.123. The lowest BCUT2D eigenvalue weighted by Crippen LogP contribution is -2.31. The van der Waals surface area contributed by atoms with Gasteiger partial charge in [-0.15, -0.1) is 0 Å². The summed E-state index contributed by atoms with van der Waals surface area (Å²) in [5, 5.41) is 6.09. The minimum Gasteiger partial charge on any atom is -0.483 e. The van der Waals surface area contributed by atoms with Crippen molar-refractivity contribution in [1.29, 1.82) is 0 Å². The number of amides is 1. The van der Waals surface area contributed by atoms with Gasteiger partial charge in [0.15, 0.2) is 6.61 Å². The zero-order valence-electron chi connectivity index (χ0n) is 13.2. The van der Waals surface area contributed by atoms with Gasteiger partial charge in [-0.3, -0.25) is 4.79 Å². The summed E-state index contributed by atoms with van der Waals surface area (Å²) in [6.45, 7) is 6.85. The van der Waals surface area contributed by atoms with Crippen molar-refractivity contribution in [2.45, 2.75) is 26.8 Å². The van der Waals surface area contributed by atoms with E-state index in [0.29, 0.717) is 13.2 Å². The van der Waals surface area contributed by atoms with Gasteiger partial charge in [-0.1, -0.05) is 25.1 Å². The van der Waals surface area contributed by atoms with E-state index in [9.17, 15) is 4.79 Å². The van der Waals surface area contributed by atoms with Crippen molar-refractivity contribution >= 4 is 5.91 Å². The number of hydrogen-bond acceptors (Lipinski definition) is 4. The second kappa shape index (κ2) is 10.2. The van der Waals surface area contributed by atoms with Crippen LogP contribution in [0.15, 0.2) is 18.2 Å². The van der Waals surface area contributed by atoms with Crippen molar-refractivity contribution in [3.05, 3.63) is 29.3 Å². The van der Waals surface area contributed by atoms with Crippen LogP contribution in [0.1, 0.15) is 24.5 Å². The second-order valence-corrected chi connectivity index (χ2v) is 4.87. The summed E-state index contributed by atoms with van der Waals surface area (Å²) in [6.07, 6.45) is 1.09. The third-order valence-electron chi connectivity index (χ3n) is 3.01. The fourth-order valence-corrected chi connectivity index (χ4v) is 1.94. The fraction of sp³-hybridized carbons (Fsp3) is 0.562. The molecule has 1 aromatic carbocycles. The van der Waals surface area contributed by atoms with Crippen LogP contribution in [0.2, 0.25) is 0 Å². The summed E-state index contributed by atoms with van der Waals surface area (Å²) < 4.78 is 10.6. The zero-order valence-corrected chi connectivity index (χ0v) is 13.2. The Bertz CT molecular complexity index is 436. The molecule has 0 saturated carbocycles. The Morgan fingerprint density at radius 2 is 2.10 bits per heavy atom. The molecule has 0 bridgehead atoms. The number of ether oxygens (including phenoxy) is 2. The summed E-state index contributed by atoms with van der Waals surface area (Å²) in [6, 6.07) is 6.01. The molecular formula is C16H26N2O3. The number of carbonyl (C=O) groups is 1. The van der Waals surface area contributed by atoms with Gasteiger partial charge in [0.2, 0.25) is 0 Å². The van der Waals surface area contributed by atoms with E-state index in [1.807, 2.05) is 25.1 Å². The van der Waals surface area contributed by atoms with Gasteiger partial charge in [-0.25, -0.2) is 0 Å². The van der Waals surface area contributed by atoms with E-state index in [1.54, 1.807) is 7.11 Å². The van der Waals surface area contributed by atoms with Gasteiger partial charge in [-0.2, -0.15) is 0 Å². The summed E-state index contributed by atoms with van der Waals surface area (Å²) in [5.41, 5.74) is 2.11. The van der Waals surface area contributed by atoms with E-state index in [2.05, 4.69) is 17.6 Å². The SMILES string of the molecule is CCCNCc1cccc(C)c1OCC(=O)NCCOC. The van der Waals surface area contributed by atoms with Crippen LogP contribution in [0.5, 0.6) is 5.75 Å². The highest BCUT2D eigenvalue weighted by Crippen LogP contribution is 2.23. The van der Waals surface area contributed by atoms with Gasteiger partial charge >= 0.3 is 0 Å². The van der Waals surface area contributed by atoms with Gasteiger partial charge in [0, 0.05) is 25.8 Å². The largest absolute Gasteiger partial charge is 0.483 e. The van der Waals surface area contributed by atoms with Crippen LogP contribution in [-0.4, -0.2) is 39.3 Å². The molecule has 0 aromatic heterocycles. The predicted molar refractivity (Wildman–Crippen MR) is 83.6 cm³/mol. The van der Waals surface area contributed by atoms with Crippen LogP contribution < -0.4 is 15.4 Å². The van der Waals surface area contributed by atoms with E-state index in [4.69, 9.17) is 9.47 Å². The topological polar surface area (TPSA) is 59.6 Å². The number of carbonyl (C=O) groups excluding carboxylic acids is 1. The summed E-state index contributed by atoms with van der Waals surface area (Å²) >= 11 is 0. The second-order valence-electron chi connectivity index (χ2n) is 4.87. The molecule has 5 nitrogen and oxygen atoms in total. The number of nitrogens with one attached hydrogen (secondary N) is 2. The van der Waals surface area contributed by atoms with Gasteiger partial charge in [0.25, 0.3) is 5.91 Å². The monoisotopic (exact) mass is 294 g/mol. The molecule has 0 radical (unpaired) electrons. The molecule has 0 fully saturated rings. The first-order valence-electron chi connectivity index (χ1n) is 7.36. The molecule has 0 aliphatic rings. The van der Waals surface area contributed by atoms with E-state index in [-0.39, 0.29) is 12.5 Å². The van der Waals surface area contributed by atoms with Crippen LogP contribution in [0, 0.1) is 6.92 Å². The van der Waals surface area contributed by atoms with Crippen LogP contribution in [0.4, 0.5) is 0 Å². The first-order valence-corrected chi connectivity index (χ1v) is 7.36. The van der Waals surface area contributed by atoms with Crippen LogP contribution >= 0.6 is 0 Å². The van der Waals surface area contributed by atoms with Crippen LogP contribution in [0.25, 0.3) is 0 Å². The first-order chi connectivity index (χ1) is 10.2. The maximum atomic E-state index is 11.7. The van der Waals surface area contributed by atoms with Crippen LogP contribution in [0.3, 0.4) is 0 Å². The molecule has 2 N–H and O–H groups in total. The van der Waals surface area contributed by atoms with Gasteiger partial charge < -0.3 is 20.1 Å². The predicted octanol–water partition coefficient (Wildman–Crippen LogP) is 1.64. The zero-order chi connectivity index (χ0) is 15.5. The average Bonchev–Trinajstić information content (AvgIpc) is 2.47. The van der Waals surface area contributed by atoms with Crippen molar-refractivity contribution in [2.24, 2.45) is 0 Å². The molecule has 1 rings (SSSR count). The lowest BCUT2D eigenvalue weighted by atomic mass is 10.1. The number of hydrogen-bond donors (Lipinski definition) is 2. The molecule has 1 amide bonds. The highest BCUT2D eigenvalue weighted by atomic mass is 16.5. The van der Waals surface area contributed by atoms with Gasteiger partial charge in [0.1, 0.15) is 5.75 Å². The number of para-hydroxylation sites is 1. The third kappa shape index (κ3) is 6.60. The van der Waals surface area contributed by atoms with Gasteiger partial charge in [0.05, 0.1) is 6.61 Å². The highest BCUT2D eigenvalue weighted by Gasteiger charge is 2.09. The standard InChI is InChI=1S/C16H26N2O3/c1-4-8-17-11-14-7-5-6-13(2)16(14)21-12-15(19)18-9-10-20-3/h5-7,17H,4,8-12H2,1-3H3,(H,18,19). The third-order valence-corrected chi connectivity index (χ3v) is 3.01. The van der Waals surface area contributed by atoms with Crippen molar-refractivity contribution in [2.75, 3.05) is 33.4 Å². The molecule has 0 saturated heterocycles. The van der Waals surface area contributed by atoms with Crippen molar-refractivity contribution in [1.82, 2.24) is 10.6 Å². The average molecular weight is 294 g/mol. The Kier molecular flexibility index (Phi) is 8.47. The Morgan fingerprint density at radius 3 is 2.81 bits per heavy atom. The Balaban J connectivity index is 2.54. The molecular weight excluding hydrogens is 268 g/mol. The van der Waals surface area contributed by atoms with E-state index >= 15 is 0 Å². The normalized spacial score (nSPS) is 10.4. The molecule has 0 unspecified atom stereocenters. The summed E-state index contributed by atoms with van der Waals surface area (Å²) in [5.74, 6) is 0.658. The molecule has 21 heavy (non-hydrogen) atoms. The smallest absolute Gasteiger partial charge is 0.258 e. The highest BCUT2D eigenvalue weighted by molar-refractivity contribution is 5.77. The summed E-state index contributed by atoms with van der Waals surface area (Å²) in [4.78, 5) is 11.7. The lowest BCUT2D eigenvalue weighted by Gasteiger charge is -2.14. The Morgan fingerprint density at radius 1 is 1.29 bits per heavy atom. The molecule has 0 atom stereocenters. The first kappa shape index (κ1) is 17.5. The van der Waals surface area contributed by atoms with Crippen LogP contribution in [-0.2, 0) is 16.1 Å².